The van der Waals surface area contributed by atoms with E-state index >= 15 is 0 Å². The number of hydrogen-bond acceptors (Lipinski definition) is 2. The fourth-order valence-electron chi connectivity index (χ4n) is 7.03. The Kier molecular flexibility index (Phi) is 5.51. The molecule has 2 aliphatic heterocycles. The Morgan fingerprint density at radius 1 is 1.13 bits per heavy atom. The zero-order chi connectivity index (χ0) is 20.7. The number of esters is 1. The quantitative estimate of drug-likeness (QED) is 0.606. The smallest absolute Gasteiger partial charge is 0.315 e. The van der Waals surface area contributed by atoms with Crippen LogP contribution in [-0.4, -0.2) is 31.7 Å². The summed E-state index contributed by atoms with van der Waals surface area (Å²) in [4.78, 5) is 14.5. The summed E-state index contributed by atoms with van der Waals surface area (Å²) in [5, 5.41) is 0. The Balaban J connectivity index is 1.22. The van der Waals surface area contributed by atoms with Crippen LogP contribution in [0.3, 0.4) is 0 Å². The van der Waals surface area contributed by atoms with Crippen molar-refractivity contribution in [2.75, 3.05) is 19.6 Å². The summed E-state index contributed by atoms with van der Waals surface area (Å²) < 4.78 is 5.97. The van der Waals surface area contributed by atoms with E-state index in [1.807, 2.05) is 0 Å². The fourth-order valence-corrected chi connectivity index (χ4v) is 7.03. The van der Waals surface area contributed by atoms with Gasteiger partial charge >= 0.3 is 5.97 Å². The number of quaternary nitrogens is 1. The summed E-state index contributed by atoms with van der Waals surface area (Å²) in [7, 11) is 0. The minimum absolute atomic E-state index is 0.0712. The molecule has 0 bridgehead atoms. The van der Waals surface area contributed by atoms with E-state index in [-0.39, 0.29) is 23.4 Å². The van der Waals surface area contributed by atoms with E-state index in [4.69, 9.17) is 4.74 Å². The predicted octanol–water partition coefficient (Wildman–Crippen LogP) is 3.84. The molecule has 3 heteroatoms. The van der Waals surface area contributed by atoms with Gasteiger partial charge in [-0.15, -0.1) is 0 Å². The van der Waals surface area contributed by atoms with Crippen molar-refractivity contribution in [2.24, 2.45) is 29.1 Å². The first kappa shape index (κ1) is 20.3. The summed E-state index contributed by atoms with van der Waals surface area (Å²) >= 11 is 0. The normalized spacial score (nSPS) is 40.9. The molecule has 1 saturated carbocycles. The van der Waals surface area contributed by atoms with Gasteiger partial charge in [-0.2, -0.15) is 0 Å². The first-order valence-electron chi connectivity index (χ1n) is 12.3. The highest BCUT2D eigenvalue weighted by Crippen LogP contribution is 2.53. The zero-order valence-electron chi connectivity index (χ0n) is 18.7. The van der Waals surface area contributed by atoms with Gasteiger partial charge in [-0.25, -0.2) is 0 Å². The number of likely N-dealkylation sites (tertiary alicyclic amines) is 1. The van der Waals surface area contributed by atoms with Crippen LogP contribution in [0.2, 0.25) is 0 Å². The first-order valence-corrected chi connectivity index (χ1v) is 12.3. The fraction of sp³-hybridized carbons (Fsp3) is 0.667. The van der Waals surface area contributed by atoms with Gasteiger partial charge in [0.05, 0.1) is 19.6 Å². The molecule has 0 aromatic heterocycles. The number of carbonyl (C=O) groups is 1. The first-order chi connectivity index (χ1) is 14.5. The van der Waals surface area contributed by atoms with Crippen LogP contribution >= 0.6 is 0 Å². The predicted molar refractivity (Wildman–Crippen MR) is 119 cm³/mol. The molecule has 30 heavy (non-hydrogen) atoms. The third-order valence-electron chi connectivity index (χ3n) is 8.77. The summed E-state index contributed by atoms with van der Waals surface area (Å²) in [6.07, 6.45) is 11.3. The molecule has 5 atom stereocenters. The topological polar surface area (TPSA) is 30.7 Å². The Bertz CT molecular complexity index is 794. The van der Waals surface area contributed by atoms with E-state index in [2.05, 4.69) is 50.3 Å². The van der Waals surface area contributed by atoms with Crippen molar-refractivity contribution in [1.29, 1.82) is 0 Å². The van der Waals surface area contributed by atoms with Gasteiger partial charge in [0.15, 0.2) is 0 Å². The molecule has 3 nitrogen and oxygen atoms in total. The van der Waals surface area contributed by atoms with Gasteiger partial charge in [0.1, 0.15) is 12.0 Å². The molecule has 1 aromatic rings. The minimum atomic E-state index is 0.0712. The third kappa shape index (κ3) is 3.86. The average molecular weight is 409 g/mol. The maximum Gasteiger partial charge on any atom is 0.315 e. The lowest BCUT2D eigenvalue weighted by Gasteiger charge is -2.46. The van der Waals surface area contributed by atoms with Gasteiger partial charge in [-0.3, -0.25) is 4.79 Å². The molecule has 5 rings (SSSR count). The number of fused-ring (bicyclic) bond motifs is 2. The van der Waals surface area contributed by atoms with Crippen molar-refractivity contribution in [1.82, 2.24) is 0 Å². The molecular weight excluding hydrogens is 370 g/mol. The highest BCUT2D eigenvalue weighted by Gasteiger charge is 2.52. The molecule has 0 spiro atoms. The molecular formula is C27H38NO2+. The number of ether oxygens (including phenoxy) is 1. The van der Waals surface area contributed by atoms with E-state index in [0.29, 0.717) is 11.8 Å². The molecule has 0 radical (unpaired) electrons. The van der Waals surface area contributed by atoms with Gasteiger partial charge in [0.2, 0.25) is 0 Å². The molecule has 0 amide bonds. The monoisotopic (exact) mass is 408 g/mol. The van der Waals surface area contributed by atoms with E-state index in [9.17, 15) is 4.79 Å². The summed E-state index contributed by atoms with van der Waals surface area (Å²) in [6, 6.07) is 10.9. The van der Waals surface area contributed by atoms with Crippen LogP contribution < -0.4 is 4.90 Å². The van der Waals surface area contributed by atoms with Crippen LogP contribution in [0, 0.1) is 29.1 Å². The number of nitrogens with one attached hydrogen (secondary N) is 1. The number of hydrogen-bond donors (Lipinski definition) is 1. The standard InChI is InChI=1S/C27H37NO2/c1-19-7-6-12-27(2)17-25-22(16-24(19)27)23(26(29)30-25)18-28-13-10-21(11-14-28)15-20-8-4-3-5-9-20/h3-5,8-9,16,19,21-23,25H,6-7,10-15,17-18H2,1-2H3/p+1/t19-,22+,23+,25+,27+/m0/s1. The molecule has 162 valence electrons. The van der Waals surface area contributed by atoms with Crippen LogP contribution in [-0.2, 0) is 16.0 Å². The molecule has 1 N–H and O–H groups in total. The maximum absolute atomic E-state index is 12.8. The molecule has 0 unspecified atom stereocenters. The second kappa shape index (κ2) is 8.15. The van der Waals surface area contributed by atoms with Gasteiger partial charge in [0, 0.05) is 5.92 Å². The van der Waals surface area contributed by atoms with Crippen molar-refractivity contribution < 1.29 is 14.4 Å². The van der Waals surface area contributed by atoms with Crippen molar-refractivity contribution in [3.63, 3.8) is 0 Å². The summed E-state index contributed by atoms with van der Waals surface area (Å²) in [6.45, 7) is 8.16. The Hall–Kier alpha value is -1.61. The Labute approximate surface area is 181 Å². The largest absolute Gasteiger partial charge is 0.461 e. The van der Waals surface area contributed by atoms with Gasteiger partial charge in [0.25, 0.3) is 0 Å². The van der Waals surface area contributed by atoms with Crippen molar-refractivity contribution in [3.05, 3.63) is 47.5 Å². The van der Waals surface area contributed by atoms with Crippen LogP contribution in [0.25, 0.3) is 0 Å². The third-order valence-corrected chi connectivity index (χ3v) is 8.77. The Morgan fingerprint density at radius 2 is 1.90 bits per heavy atom. The Morgan fingerprint density at radius 3 is 2.67 bits per heavy atom. The van der Waals surface area contributed by atoms with Crippen LogP contribution in [0.15, 0.2) is 42.0 Å². The second-order valence-corrected chi connectivity index (χ2v) is 10.9. The number of benzene rings is 1. The number of allylic oxidation sites excluding steroid dienone is 1. The average Bonchev–Trinajstić information content (AvgIpc) is 3.02. The maximum atomic E-state index is 12.8. The van der Waals surface area contributed by atoms with Crippen LogP contribution in [0.1, 0.15) is 57.9 Å². The summed E-state index contributed by atoms with van der Waals surface area (Å²) in [5.74, 6) is 1.93. The lowest BCUT2D eigenvalue weighted by molar-refractivity contribution is -0.908. The highest BCUT2D eigenvalue weighted by molar-refractivity contribution is 5.76. The lowest BCUT2D eigenvalue weighted by Crippen LogP contribution is -3.14. The number of carbonyl (C=O) groups excluding carboxylic acids is 1. The molecule has 2 heterocycles. The van der Waals surface area contributed by atoms with Crippen molar-refractivity contribution in [2.45, 2.75) is 64.9 Å². The van der Waals surface area contributed by atoms with Gasteiger partial charge in [-0.1, -0.05) is 62.2 Å². The van der Waals surface area contributed by atoms with Crippen LogP contribution in [0.4, 0.5) is 0 Å². The van der Waals surface area contributed by atoms with E-state index in [1.54, 1.807) is 10.5 Å². The molecule has 1 aromatic carbocycles. The van der Waals surface area contributed by atoms with Gasteiger partial charge < -0.3 is 9.64 Å². The second-order valence-electron chi connectivity index (χ2n) is 10.9. The van der Waals surface area contributed by atoms with E-state index in [1.165, 1.54) is 57.2 Å². The highest BCUT2D eigenvalue weighted by atomic mass is 16.6. The molecule has 2 aliphatic carbocycles. The SMILES string of the molecule is C[C@H]1CCC[C@]2(C)C[C@H]3OC(=O)[C@H](C[NH+]4CCC(Cc5ccccc5)CC4)[C@H]3C=C12. The van der Waals surface area contributed by atoms with Gasteiger partial charge in [-0.05, 0) is 61.3 Å². The number of piperidine rings is 1. The zero-order valence-corrected chi connectivity index (χ0v) is 18.7. The molecule has 2 saturated heterocycles. The number of rotatable bonds is 4. The van der Waals surface area contributed by atoms with E-state index < -0.39 is 0 Å². The van der Waals surface area contributed by atoms with Crippen LogP contribution in [0.5, 0.6) is 0 Å². The molecule has 3 fully saturated rings. The van der Waals surface area contributed by atoms with Crippen molar-refractivity contribution in [3.8, 4) is 0 Å². The van der Waals surface area contributed by atoms with E-state index in [0.717, 1.165) is 18.9 Å². The molecule has 4 aliphatic rings. The lowest BCUT2D eigenvalue weighted by atomic mass is 9.59. The summed E-state index contributed by atoms with van der Waals surface area (Å²) in [5.41, 5.74) is 3.36. The minimum Gasteiger partial charge on any atom is -0.461 e. The van der Waals surface area contributed by atoms with Crippen molar-refractivity contribution >= 4 is 5.97 Å².